The van der Waals surface area contributed by atoms with Crippen molar-refractivity contribution in [3.05, 3.63) is 64.0 Å². The van der Waals surface area contributed by atoms with Crippen molar-refractivity contribution in [2.24, 2.45) is 0 Å². The standard InChI is InChI=1S/C20H17FN4O2/c1-23-6-8-24(9-7-23)13-3-4-16-14(11-13)20(27)25-17-5-2-12(21)10-15(17)18(26)19(25)22-16/h2-5,10-11H,6-9H2,1H3. The van der Waals surface area contributed by atoms with Crippen LogP contribution >= 0.6 is 0 Å². The second-order valence-electron chi connectivity index (χ2n) is 7.06. The van der Waals surface area contributed by atoms with Crippen molar-refractivity contribution in [1.29, 1.82) is 0 Å². The van der Waals surface area contributed by atoms with Crippen LogP contribution in [-0.4, -0.2) is 53.5 Å². The summed E-state index contributed by atoms with van der Waals surface area (Å²) in [6.45, 7) is 3.71. The van der Waals surface area contributed by atoms with Crippen molar-refractivity contribution in [2.75, 3.05) is 38.1 Å². The number of fused-ring (bicyclic) bond motifs is 4. The molecular weight excluding hydrogens is 347 g/mol. The molecule has 0 spiro atoms. The first-order chi connectivity index (χ1) is 13.0. The summed E-state index contributed by atoms with van der Waals surface area (Å²) in [7, 11) is 2.09. The van der Waals surface area contributed by atoms with Gasteiger partial charge in [0, 0.05) is 31.9 Å². The van der Waals surface area contributed by atoms with Gasteiger partial charge in [-0.25, -0.2) is 9.37 Å². The second kappa shape index (κ2) is 5.72. The average molecular weight is 364 g/mol. The Morgan fingerprint density at radius 2 is 1.78 bits per heavy atom. The van der Waals surface area contributed by atoms with Gasteiger partial charge in [0.25, 0.3) is 5.56 Å². The van der Waals surface area contributed by atoms with Crippen LogP contribution in [0.4, 0.5) is 10.1 Å². The summed E-state index contributed by atoms with van der Waals surface area (Å²) in [6.07, 6.45) is 0. The first-order valence-corrected chi connectivity index (χ1v) is 8.88. The topological polar surface area (TPSA) is 58.4 Å². The van der Waals surface area contributed by atoms with E-state index in [1.165, 1.54) is 16.7 Å². The molecule has 5 rings (SSSR count). The Morgan fingerprint density at radius 1 is 1.00 bits per heavy atom. The van der Waals surface area contributed by atoms with Gasteiger partial charge in [0.1, 0.15) is 5.82 Å². The summed E-state index contributed by atoms with van der Waals surface area (Å²) in [6, 6.07) is 9.42. The van der Waals surface area contributed by atoms with E-state index in [-0.39, 0.29) is 16.9 Å². The molecule has 1 aromatic heterocycles. The van der Waals surface area contributed by atoms with Gasteiger partial charge in [-0.3, -0.25) is 14.2 Å². The van der Waals surface area contributed by atoms with Gasteiger partial charge in [0.15, 0.2) is 5.82 Å². The molecule has 6 nitrogen and oxygen atoms in total. The maximum Gasteiger partial charge on any atom is 0.266 e. The summed E-state index contributed by atoms with van der Waals surface area (Å²) in [5, 5.41) is 0.458. The molecule has 0 saturated carbocycles. The third-order valence-electron chi connectivity index (χ3n) is 5.37. The van der Waals surface area contributed by atoms with Gasteiger partial charge < -0.3 is 9.80 Å². The zero-order valence-electron chi connectivity index (χ0n) is 14.8. The Kier molecular flexibility index (Phi) is 3.42. The maximum absolute atomic E-state index is 13.6. The van der Waals surface area contributed by atoms with E-state index in [1.54, 1.807) is 6.07 Å². The third kappa shape index (κ3) is 2.39. The highest BCUT2D eigenvalue weighted by Crippen LogP contribution is 2.28. The summed E-state index contributed by atoms with van der Waals surface area (Å²) < 4.78 is 14.9. The van der Waals surface area contributed by atoms with E-state index < -0.39 is 11.6 Å². The number of ketones is 1. The van der Waals surface area contributed by atoms with Crippen molar-refractivity contribution in [2.45, 2.75) is 0 Å². The fourth-order valence-corrected chi connectivity index (χ4v) is 3.82. The molecule has 1 fully saturated rings. The zero-order valence-corrected chi connectivity index (χ0v) is 14.8. The lowest BCUT2D eigenvalue weighted by molar-refractivity contribution is 0.103. The molecule has 1 saturated heterocycles. The quantitative estimate of drug-likeness (QED) is 0.516. The molecule has 0 N–H and O–H groups in total. The average Bonchev–Trinajstić information content (AvgIpc) is 2.94. The summed E-state index contributed by atoms with van der Waals surface area (Å²) >= 11 is 0. The van der Waals surface area contributed by atoms with Crippen molar-refractivity contribution in [3.63, 3.8) is 0 Å². The van der Waals surface area contributed by atoms with Gasteiger partial charge in [-0.1, -0.05) is 0 Å². The minimum absolute atomic E-state index is 0.0421. The van der Waals surface area contributed by atoms with Crippen LogP contribution in [-0.2, 0) is 0 Å². The van der Waals surface area contributed by atoms with Crippen LogP contribution in [0.3, 0.4) is 0 Å². The molecule has 136 valence electrons. The van der Waals surface area contributed by atoms with Crippen LogP contribution in [0.25, 0.3) is 16.6 Å². The van der Waals surface area contributed by atoms with E-state index in [1.807, 2.05) is 12.1 Å². The zero-order chi connectivity index (χ0) is 18.7. The molecule has 27 heavy (non-hydrogen) atoms. The van der Waals surface area contributed by atoms with E-state index in [0.717, 1.165) is 37.9 Å². The number of nitrogens with zero attached hydrogens (tertiary/aromatic N) is 4. The predicted octanol–water partition coefficient (Wildman–Crippen LogP) is 1.82. The first kappa shape index (κ1) is 16.1. The highest BCUT2D eigenvalue weighted by Gasteiger charge is 2.30. The number of benzene rings is 2. The fraction of sp³-hybridized carbons (Fsp3) is 0.250. The molecule has 0 radical (unpaired) electrons. The number of hydrogen-bond acceptors (Lipinski definition) is 5. The Bertz CT molecular complexity index is 1160. The highest BCUT2D eigenvalue weighted by atomic mass is 19.1. The minimum Gasteiger partial charge on any atom is -0.369 e. The molecular formula is C20H17FN4O2. The Hall–Kier alpha value is -3.06. The molecule has 3 heterocycles. The number of aromatic nitrogens is 2. The van der Waals surface area contributed by atoms with Crippen molar-refractivity contribution >= 4 is 22.4 Å². The molecule has 3 aromatic rings. The number of carbonyl (C=O) groups excluding carboxylic acids is 1. The van der Waals surface area contributed by atoms with Gasteiger partial charge >= 0.3 is 0 Å². The number of rotatable bonds is 1. The van der Waals surface area contributed by atoms with Crippen molar-refractivity contribution in [1.82, 2.24) is 14.5 Å². The summed E-state index contributed by atoms with van der Waals surface area (Å²) in [5.74, 6) is -0.892. The van der Waals surface area contributed by atoms with Gasteiger partial charge in [-0.2, -0.15) is 0 Å². The molecule has 0 atom stereocenters. The smallest absolute Gasteiger partial charge is 0.266 e. The number of piperazine rings is 1. The van der Waals surface area contributed by atoms with Crippen molar-refractivity contribution in [3.8, 4) is 5.69 Å². The van der Waals surface area contributed by atoms with E-state index in [0.29, 0.717) is 16.6 Å². The lowest BCUT2D eigenvalue weighted by Gasteiger charge is -2.34. The maximum atomic E-state index is 13.6. The second-order valence-corrected chi connectivity index (χ2v) is 7.06. The van der Waals surface area contributed by atoms with Crippen LogP contribution in [0.2, 0.25) is 0 Å². The molecule has 0 bridgehead atoms. The van der Waals surface area contributed by atoms with E-state index >= 15 is 0 Å². The summed E-state index contributed by atoms with van der Waals surface area (Å²) in [5.41, 5.74) is 1.71. The predicted molar refractivity (Wildman–Crippen MR) is 100 cm³/mol. The van der Waals surface area contributed by atoms with E-state index in [9.17, 15) is 14.0 Å². The number of halogens is 1. The minimum atomic E-state index is -0.509. The number of carbonyl (C=O) groups is 1. The molecule has 0 amide bonds. The monoisotopic (exact) mass is 364 g/mol. The summed E-state index contributed by atoms with van der Waals surface area (Å²) in [4.78, 5) is 34.6. The first-order valence-electron chi connectivity index (χ1n) is 8.88. The highest BCUT2D eigenvalue weighted by molar-refractivity contribution is 6.13. The Morgan fingerprint density at radius 3 is 2.56 bits per heavy atom. The largest absolute Gasteiger partial charge is 0.369 e. The molecule has 2 aliphatic rings. The lowest BCUT2D eigenvalue weighted by Crippen LogP contribution is -2.44. The number of hydrogen-bond donors (Lipinski definition) is 0. The third-order valence-corrected chi connectivity index (χ3v) is 5.37. The van der Waals surface area contributed by atoms with Gasteiger partial charge in [0.2, 0.25) is 5.78 Å². The Labute approximate surface area is 154 Å². The lowest BCUT2D eigenvalue weighted by atomic mass is 10.1. The molecule has 2 aliphatic heterocycles. The fourth-order valence-electron chi connectivity index (χ4n) is 3.82. The Balaban J connectivity index is 1.68. The van der Waals surface area contributed by atoms with Crippen LogP contribution < -0.4 is 10.5 Å². The molecule has 2 aromatic carbocycles. The van der Waals surface area contributed by atoms with E-state index in [4.69, 9.17) is 0 Å². The van der Waals surface area contributed by atoms with Crippen LogP contribution in [0.5, 0.6) is 0 Å². The van der Waals surface area contributed by atoms with Crippen LogP contribution in [0.15, 0.2) is 41.2 Å². The van der Waals surface area contributed by atoms with Gasteiger partial charge in [-0.05, 0) is 43.4 Å². The van der Waals surface area contributed by atoms with Crippen LogP contribution in [0.1, 0.15) is 16.2 Å². The molecule has 7 heteroatoms. The van der Waals surface area contributed by atoms with Crippen molar-refractivity contribution < 1.29 is 9.18 Å². The SMILES string of the molecule is CN1CCN(c2ccc3nc4n(c(=O)c3c2)-c2ccc(F)cc2C4=O)CC1. The molecule has 0 unspecified atom stereocenters. The van der Waals surface area contributed by atoms with Crippen LogP contribution in [0, 0.1) is 5.82 Å². The van der Waals surface area contributed by atoms with Gasteiger partial charge in [-0.15, -0.1) is 0 Å². The normalized spacial score (nSPS) is 16.7. The number of likely N-dealkylation sites (N-methyl/N-ethyl adjacent to an activating group) is 1. The van der Waals surface area contributed by atoms with Gasteiger partial charge in [0.05, 0.1) is 22.2 Å². The number of anilines is 1. The molecule has 0 aliphatic carbocycles. The van der Waals surface area contributed by atoms with E-state index in [2.05, 4.69) is 21.8 Å².